The highest BCUT2D eigenvalue weighted by molar-refractivity contribution is 5.97. The Hall–Kier alpha value is -4.19. The smallest absolute Gasteiger partial charge is 0.424 e. The molecule has 1 amide bonds. The third kappa shape index (κ3) is 4.34. The van der Waals surface area contributed by atoms with Gasteiger partial charge in [-0.15, -0.1) is 0 Å². The monoisotopic (exact) mass is 544 g/mol. The van der Waals surface area contributed by atoms with E-state index in [-0.39, 0.29) is 35.2 Å². The van der Waals surface area contributed by atoms with Gasteiger partial charge in [-0.2, -0.15) is 13.2 Å². The summed E-state index contributed by atoms with van der Waals surface area (Å²) in [5.74, 6) is -1.46. The van der Waals surface area contributed by atoms with Crippen LogP contribution in [0.5, 0.6) is 5.75 Å². The van der Waals surface area contributed by atoms with Gasteiger partial charge < -0.3 is 15.2 Å². The van der Waals surface area contributed by atoms with Crippen LogP contribution in [0.1, 0.15) is 34.5 Å². The Balaban J connectivity index is 1.53. The van der Waals surface area contributed by atoms with Gasteiger partial charge in [0.05, 0.1) is 29.9 Å². The number of fused-ring (bicyclic) bond motifs is 2. The number of alkyl halides is 3. The number of carbonyl (C=O) groups excluding carboxylic acids is 1. The Morgan fingerprint density at radius 3 is 2.44 bits per heavy atom. The molecule has 0 unspecified atom stereocenters. The van der Waals surface area contributed by atoms with Gasteiger partial charge in [-0.05, 0) is 48.5 Å². The summed E-state index contributed by atoms with van der Waals surface area (Å²) in [5, 5.41) is 13.2. The molecule has 0 fully saturated rings. The maximum Gasteiger partial charge on any atom is 0.424 e. The van der Waals surface area contributed by atoms with E-state index in [1.54, 1.807) is 14.0 Å². The average molecular weight is 545 g/mol. The molecule has 5 rings (SSSR count). The molecular formula is C27H24F4N4O4. The molecule has 39 heavy (non-hydrogen) atoms. The van der Waals surface area contributed by atoms with E-state index in [0.717, 1.165) is 18.2 Å². The number of pyridine rings is 1. The molecule has 0 aliphatic carbocycles. The number of hydrogen-bond donors (Lipinski definition) is 2. The van der Waals surface area contributed by atoms with Crippen molar-refractivity contribution in [2.24, 2.45) is 14.1 Å². The van der Waals surface area contributed by atoms with Crippen LogP contribution in [-0.4, -0.2) is 44.5 Å². The lowest BCUT2D eigenvalue weighted by Gasteiger charge is -2.31. The van der Waals surface area contributed by atoms with Gasteiger partial charge in [-0.1, -0.05) is 6.92 Å². The Bertz CT molecular complexity index is 1660. The second kappa shape index (κ2) is 9.23. The number of benzene rings is 2. The Morgan fingerprint density at radius 1 is 1.10 bits per heavy atom. The van der Waals surface area contributed by atoms with Crippen LogP contribution < -0.4 is 15.7 Å². The first-order valence-corrected chi connectivity index (χ1v) is 12.0. The van der Waals surface area contributed by atoms with Gasteiger partial charge >= 0.3 is 11.9 Å². The van der Waals surface area contributed by atoms with Crippen LogP contribution in [0.25, 0.3) is 22.3 Å². The SMILES string of the molecule is C[C@@H]1COc2c1cc([C@@](O)(CNC(=O)c1ccc3c(c1)n(C)c(=O)n3C)C(F)(F)F)nc2-c1ccc(F)cc1. The second-order valence-electron chi connectivity index (χ2n) is 9.64. The van der Waals surface area contributed by atoms with Gasteiger partial charge in [0.25, 0.3) is 5.91 Å². The molecule has 2 aromatic heterocycles. The number of nitrogens with one attached hydrogen (secondary N) is 1. The average Bonchev–Trinajstić information content (AvgIpc) is 3.38. The first-order valence-electron chi connectivity index (χ1n) is 12.0. The fraction of sp³-hybridized carbons (Fsp3) is 0.296. The van der Waals surface area contributed by atoms with Gasteiger partial charge in [-0.3, -0.25) is 13.9 Å². The number of ether oxygens (including phenoxy) is 1. The quantitative estimate of drug-likeness (QED) is 0.373. The van der Waals surface area contributed by atoms with E-state index in [2.05, 4.69) is 10.3 Å². The highest BCUT2D eigenvalue weighted by Crippen LogP contribution is 2.45. The van der Waals surface area contributed by atoms with Crippen molar-refractivity contribution in [2.45, 2.75) is 24.6 Å². The minimum absolute atomic E-state index is 0.00385. The molecule has 0 saturated carbocycles. The Morgan fingerprint density at radius 2 is 1.77 bits per heavy atom. The van der Waals surface area contributed by atoms with Crippen LogP contribution in [0.2, 0.25) is 0 Å². The zero-order valence-corrected chi connectivity index (χ0v) is 21.1. The zero-order valence-electron chi connectivity index (χ0n) is 21.1. The van der Waals surface area contributed by atoms with Crippen LogP contribution in [0.4, 0.5) is 17.6 Å². The molecule has 12 heteroatoms. The van der Waals surface area contributed by atoms with Crippen molar-refractivity contribution < 1.29 is 32.2 Å². The van der Waals surface area contributed by atoms with E-state index in [1.165, 1.54) is 46.5 Å². The fourth-order valence-corrected chi connectivity index (χ4v) is 4.68. The molecular weight excluding hydrogens is 520 g/mol. The lowest BCUT2D eigenvalue weighted by molar-refractivity contribution is -0.265. The molecule has 4 aromatic rings. The maximum atomic E-state index is 14.4. The van der Waals surface area contributed by atoms with Crippen molar-refractivity contribution in [1.29, 1.82) is 0 Å². The summed E-state index contributed by atoms with van der Waals surface area (Å²) in [7, 11) is 3.07. The minimum atomic E-state index is -5.22. The van der Waals surface area contributed by atoms with Gasteiger partial charge in [-0.25, -0.2) is 14.2 Å². The zero-order chi connectivity index (χ0) is 28.3. The number of amides is 1. The lowest BCUT2D eigenvalue weighted by atomic mass is 9.92. The van der Waals surface area contributed by atoms with Crippen molar-refractivity contribution in [3.8, 4) is 17.0 Å². The molecule has 3 heterocycles. The largest absolute Gasteiger partial charge is 0.490 e. The first kappa shape index (κ1) is 26.4. The summed E-state index contributed by atoms with van der Waals surface area (Å²) in [6.07, 6.45) is -5.22. The fourth-order valence-electron chi connectivity index (χ4n) is 4.68. The molecule has 0 spiro atoms. The number of aliphatic hydroxyl groups is 1. The number of halogens is 4. The maximum absolute atomic E-state index is 14.4. The molecule has 204 valence electrons. The van der Waals surface area contributed by atoms with Gasteiger partial charge in [0.1, 0.15) is 17.3 Å². The van der Waals surface area contributed by atoms with Gasteiger partial charge in [0.2, 0.25) is 5.60 Å². The topological polar surface area (TPSA) is 98.4 Å². The highest BCUT2D eigenvalue weighted by Gasteiger charge is 2.57. The van der Waals surface area contributed by atoms with Crippen LogP contribution >= 0.6 is 0 Å². The van der Waals surface area contributed by atoms with Crippen LogP contribution in [0.3, 0.4) is 0 Å². The second-order valence-corrected chi connectivity index (χ2v) is 9.64. The summed E-state index contributed by atoms with van der Waals surface area (Å²) in [6, 6.07) is 10.4. The van der Waals surface area contributed by atoms with E-state index >= 15 is 0 Å². The summed E-state index contributed by atoms with van der Waals surface area (Å²) >= 11 is 0. The predicted molar refractivity (Wildman–Crippen MR) is 134 cm³/mol. The molecule has 8 nitrogen and oxygen atoms in total. The number of nitrogens with zero attached hydrogens (tertiary/aromatic N) is 3. The van der Waals surface area contributed by atoms with E-state index in [4.69, 9.17) is 4.74 Å². The molecule has 1 aliphatic rings. The lowest BCUT2D eigenvalue weighted by Crippen LogP contribution is -2.51. The summed E-state index contributed by atoms with van der Waals surface area (Å²) in [5.41, 5.74) is -2.92. The number of aromatic nitrogens is 3. The summed E-state index contributed by atoms with van der Waals surface area (Å²) < 4.78 is 65.1. The number of hydrogen-bond acceptors (Lipinski definition) is 5. The number of carbonyl (C=O) groups is 1. The molecule has 0 radical (unpaired) electrons. The van der Waals surface area contributed by atoms with Crippen molar-refractivity contribution in [1.82, 2.24) is 19.4 Å². The summed E-state index contributed by atoms with van der Waals surface area (Å²) in [6.45, 7) is 0.719. The van der Waals surface area contributed by atoms with Crippen molar-refractivity contribution >= 4 is 16.9 Å². The van der Waals surface area contributed by atoms with E-state index < -0.39 is 35.7 Å². The summed E-state index contributed by atoms with van der Waals surface area (Å²) in [4.78, 5) is 29.2. The molecule has 1 aliphatic heterocycles. The van der Waals surface area contributed by atoms with E-state index in [0.29, 0.717) is 22.2 Å². The molecule has 0 bridgehead atoms. The van der Waals surface area contributed by atoms with Crippen LogP contribution in [0.15, 0.2) is 53.3 Å². The Labute approximate surface area is 219 Å². The predicted octanol–water partition coefficient (Wildman–Crippen LogP) is 3.75. The van der Waals surface area contributed by atoms with Crippen molar-refractivity contribution in [3.05, 3.63) is 81.7 Å². The molecule has 2 atom stereocenters. The third-order valence-corrected chi connectivity index (χ3v) is 7.06. The molecule has 0 saturated heterocycles. The number of aryl methyl sites for hydroxylation is 2. The third-order valence-electron chi connectivity index (χ3n) is 7.06. The van der Waals surface area contributed by atoms with Crippen molar-refractivity contribution in [2.75, 3.05) is 13.2 Å². The van der Waals surface area contributed by atoms with E-state index in [9.17, 15) is 32.3 Å². The normalized spacial score (nSPS) is 16.6. The highest BCUT2D eigenvalue weighted by atomic mass is 19.4. The van der Waals surface area contributed by atoms with Crippen LogP contribution in [0, 0.1) is 5.82 Å². The van der Waals surface area contributed by atoms with E-state index in [1.807, 2.05) is 0 Å². The van der Waals surface area contributed by atoms with Crippen molar-refractivity contribution in [3.63, 3.8) is 0 Å². The van der Waals surface area contributed by atoms with Crippen LogP contribution in [-0.2, 0) is 19.7 Å². The molecule has 2 aromatic carbocycles. The number of imidazole rings is 1. The standard InChI is InChI=1S/C27H24F4N4O4/c1-14-12-39-23-18(14)11-21(33-22(23)15-4-7-17(28)8-5-15)26(38,27(29,30)31)13-32-24(36)16-6-9-19-20(10-16)35(3)25(37)34(19)2/h4-11,14,38H,12-13H2,1-3H3,(H,32,36)/t14-,26+/m1/s1. The minimum Gasteiger partial charge on any atom is -0.490 e. The number of rotatable bonds is 5. The first-order chi connectivity index (χ1) is 18.3. The van der Waals surface area contributed by atoms with Gasteiger partial charge in [0, 0.05) is 36.7 Å². The Kier molecular flexibility index (Phi) is 6.25. The molecule has 2 N–H and O–H groups in total. The van der Waals surface area contributed by atoms with Gasteiger partial charge in [0.15, 0.2) is 0 Å².